The van der Waals surface area contributed by atoms with Gasteiger partial charge >= 0.3 is 5.97 Å². The van der Waals surface area contributed by atoms with Crippen LogP contribution in [0, 0.1) is 5.92 Å². The van der Waals surface area contributed by atoms with Crippen molar-refractivity contribution in [1.82, 2.24) is 10.2 Å². The second-order valence-electron chi connectivity index (χ2n) is 6.22. The number of carbonyl (C=O) groups excluding carboxylic acids is 1. The molecule has 20 heavy (non-hydrogen) atoms. The summed E-state index contributed by atoms with van der Waals surface area (Å²) in [5.74, 6) is 0.780. The predicted molar refractivity (Wildman–Crippen MR) is 82.8 cm³/mol. The number of carbonyl (C=O) groups is 1. The van der Waals surface area contributed by atoms with E-state index in [0.717, 1.165) is 31.7 Å². The van der Waals surface area contributed by atoms with Crippen molar-refractivity contribution >= 4 is 5.97 Å². The van der Waals surface area contributed by atoms with Gasteiger partial charge in [-0.2, -0.15) is 0 Å². The van der Waals surface area contributed by atoms with Gasteiger partial charge in [0.05, 0.1) is 7.11 Å². The van der Waals surface area contributed by atoms with Crippen molar-refractivity contribution in [2.45, 2.75) is 57.9 Å². The smallest absolute Gasteiger partial charge is 0.325 e. The highest BCUT2D eigenvalue weighted by Crippen LogP contribution is 2.21. The van der Waals surface area contributed by atoms with E-state index in [2.05, 4.69) is 17.1 Å². The maximum absolute atomic E-state index is 11.7. The van der Waals surface area contributed by atoms with Crippen molar-refractivity contribution in [3.63, 3.8) is 0 Å². The summed E-state index contributed by atoms with van der Waals surface area (Å²) in [6.07, 6.45) is 7.08. The van der Waals surface area contributed by atoms with E-state index in [-0.39, 0.29) is 5.97 Å². The molecule has 0 aromatic heterocycles. The normalized spacial score (nSPS) is 20.6. The largest absolute Gasteiger partial charge is 0.468 e. The minimum atomic E-state index is -0.538. The number of likely N-dealkylation sites (tertiary alicyclic amines) is 1. The van der Waals surface area contributed by atoms with E-state index < -0.39 is 5.54 Å². The molecule has 0 bridgehead atoms. The van der Waals surface area contributed by atoms with E-state index in [1.807, 2.05) is 14.0 Å². The minimum Gasteiger partial charge on any atom is -0.468 e. The molecule has 4 nitrogen and oxygen atoms in total. The third kappa shape index (κ3) is 5.06. The van der Waals surface area contributed by atoms with Crippen LogP contribution in [0.4, 0.5) is 0 Å². The van der Waals surface area contributed by atoms with E-state index in [1.165, 1.54) is 39.5 Å². The fourth-order valence-electron chi connectivity index (χ4n) is 2.99. The zero-order chi connectivity index (χ0) is 15.0. The molecule has 1 unspecified atom stereocenters. The fourth-order valence-corrected chi connectivity index (χ4v) is 2.99. The summed E-state index contributed by atoms with van der Waals surface area (Å²) in [6.45, 7) is 7.88. The molecule has 1 atom stereocenters. The van der Waals surface area contributed by atoms with Gasteiger partial charge in [-0.05, 0) is 71.6 Å². The van der Waals surface area contributed by atoms with Crippen molar-refractivity contribution in [3.8, 4) is 0 Å². The molecule has 0 amide bonds. The Bertz CT molecular complexity index is 288. The van der Waals surface area contributed by atoms with E-state index >= 15 is 0 Å². The highest BCUT2D eigenvalue weighted by molar-refractivity contribution is 5.80. The summed E-state index contributed by atoms with van der Waals surface area (Å²) < 4.78 is 4.87. The quantitative estimate of drug-likeness (QED) is 0.549. The van der Waals surface area contributed by atoms with Gasteiger partial charge in [-0.1, -0.05) is 13.3 Å². The first-order valence-electron chi connectivity index (χ1n) is 8.05. The monoisotopic (exact) mass is 284 g/mol. The molecule has 0 aliphatic carbocycles. The number of methoxy groups -OCH3 is 1. The molecule has 1 rings (SSSR count). The highest BCUT2D eigenvalue weighted by atomic mass is 16.5. The van der Waals surface area contributed by atoms with Crippen LogP contribution in [-0.4, -0.2) is 50.2 Å². The molecular weight excluding hydrogens is 252 g/mol. The number of likely N-dealkylation sites (N-methyl/N-ethyl adjacent to an activating group) is 1. The maximum Gasteiger partial charge on any atom is 0.325 e. The van der Waals surface area contributed by atoms with Crippen molar-refractivity contribution in [3.05, 3.63) is 0 Å². The predicted octanol–water partition coefficient (Wildman–Crippen LogP) is 2.43. The Morgan fingerprint density at radius 2 is 2.00 bits per heavy atom. The van der Waals surface area contributed by atoms with Crippen LogP contribution in [0.5, 0.6) is 0 Å². The van der Waals surface area contributed by atoms with Crippen LogP contribution in [0.25, 0.3) is 0 Å². The zero-order valence-electron chi connectivity index (χ0n) is 13.7. The van der Waals surface area contributed by atoms with Crippen LogP contribution in [0.15, 0.2) is 0 Å². The lowest BCUT2D eigenvalue weighted by molar-refractivity contribution is -0.148. The van der Waals surface area contributed by atoms with E-state index in [9.17, 15) is 4.79 Å². The fraction of sp³-hybridized carbons (Fsp3) is 0.938. The summed E-state index contributed by atoms with van der Waals surface area (Å²) in [4.78, 5) is 14.3. The van der Waals surface area contributed by atoms with Gasteiger partial charge in [0.15, 0.2) is 0 Å². The summed E-state index contributed by atoms with van der Waals surface area (Å²) in [6, 6.07) is 0. The molecule has 118 valence electrons. The van der Waals surface area contributed by atoms with Gasteiger partial charge in [-0.15, -0.1) is 0 Å². The van der Waals surface area contributed by atoms with Gasteiger partial charge in [0.2, 0.25) is 0 Å². The van der Waals surface area contributed by atoms with E-state index in [1.54, 1.807) is 0 Å². The molecular formula is C16H32N2O2. The average molecular weight is 284 g/mol. The van der Waals surface area contributed by atoms with Crippen molar-refractivity contribution in [2.24, 2.45) is 5.92 Å². The first kappa shape index (κ1) is 17.4. The Morgan fingerprint density at radius 3 is 2.50 bits per heavy atom. The number of nitrogens with zero attached hydrogens (tertiary/aromatic N) is 1. The van der Waals surface area contributed by atoms with Crippen LogP contribution >= 0.6 is 0 Å². The highest BCUT2D eigenvalue weighted by Gasteiger charge is 2.31. The number of esters is 1. The van der Waals surface area contributed by atoms with Crippen LogP contribution in [0.3, 0.4) is 0 Å². The SMILES string of the molecule is CCC1CCN(CCCCC(C)(NC)C(=O)OC)CC1. The maximum atomic E-state index is 11.7. The summed E-state index contributed by atoms with van der Waals surface area (Å²) >= 11 is 0. The molecule has 1 aliphatic heterocycles. The average Bonchev–Trinajstić information content (AvgIpc) is 2.51. The number of unbranched alkanes of at least 4 members (excludes halogenated alkanes) is 1. The Kier molecular flexibility index (Phi) is 7.52. The van der Waals surface area contributed by atoms with Gasteiger partial charge in [0, 0.05) is 0 Å². The van der Waals surface area contributed by atoms with Crippen LogP contribution in [0.1, 0.15) is 52.4 Å². The molecule has 1 saturated heterocycles. The van der Waals surface area contributed by atoms with Crippen molar-refractivity contribution in [2.75, 3.05) is 33.8 Å². The first-order valence-corrected chi connectivity index (χ1v) is 8.05. The standard InChI is InChI=1S/C16H32N2O2/c1-5-14-8-12-18(13-9-14)11-7-6-10-16(2,17-3)15(19)20-4/h14,17H,5-13H2,1-4H3. The number of nitrogens with one attached hydrogen (secondary N) is 1. The van der Waals surface area contributed by atoms with Crippen LogP contribution < -0.4 is 5.32 Å². The Balaban J connectivity index is 2.20. The van der Waals surface area contributed by atoms with Gasteiger partial charge < -0.3 is 15.0 Å². The number of hydrogen-bond acceptors (Lipinski definition) is 4. The molecule has 1 fully saturated rings. The second-order valence-corrected chi connectivity index (χ2v) is 6.22. The number of piperidine rings is 1. The van der Waals surface area contributed by atoms with Gasteiger partial charge in [0.1, 0.15) is 5.54 Å². The summed E-state index contributed by atoms with van der Waals surface area (Å²) in [5.41, 5.74) is -0.538. The molecule has 0 radical (unpaired) electrons. The van der Waals surface area contributed by atoms with E-state index in [0.29, 0.717) is 0 Å². The first-order chi connectivity index (χ1) is 9.55. The lowest BCUT2D eigenvalue weighted by Gasteiger charge is -2.32. The molecule has 0 spiro atoms. The molecule has 4 heteroatoms. The van der Waals surface area contributed by atoms with Crippen molar-refractivity contribution in [1.29, 1.82) is 0 Å². The van der Waals surface area contributed by atoms with Crippen LogP contribution in [-0.2, 0) is 9.53 Å². The van der Waals surface area contributed by atoms with Gasteiger partial charge in [-0.3, -0.25) is 4.79 Å². The Morgan fingerprint density at radius 1 is 1.35 bits per heavy atom. The summed E-state index contributed by atoms with van der Waals surface area (Å²) in [5, 5.41) is 3.09. The lowest BCUT2D eigenvalue weighted by Crippen LogP contribution is -2.48. The molecule has 1 heterocycles. The third-order valence-electron chi connectivity index (χ3n) is 4.87. The lowest BCUT2D eigenvalue weighted by atomic mass is 9.93. The van der Waals surface area contributed by atoms with Gasteiger partial charge in [0.25, 0.3) is 0 Å². The van der Waals surface area contributed by atoms with E-state index in [4.69, 9.17) is 4.74 Å². The summed E-state index contributed by atoms with van der Waals surface area (Å²) in [7, 11) is 3.28. The van der Waals surface area contributed by atoms with Crippen LogP contribution in [0.2, 0.25) is 0 Å². The number of ether oxygens (including phenoxy) is 1. The molecule has 1 N–H and O–H groups in total. The number of rotatable bonds is 8. The number of hydrogen-bond donors (Lipinski definition) is 1. The molecule has 0 aromatic rings. The topological polar surface area (TPSA) is 41.6 Å². The van der Waals surface area contributed by atoms with Gasteiger partial charge in [-0.25, -0.2) is 0 Å². The molecule has 0 aromatic carbocycles. The second kappa shape index (κ2) is 8.63. The Labute approximate surface area is 124 Å². The zero-order valence-corrected chi connectivity index (χ0v) is 13.7. The third-order valence-corrected chi connectivity index (χ3v) is 4.87. The Hall–Kier alpha value is -0.610. The van der Waals surface area contributed by atoms with Crippen molar-refractivity contribution < 1.29 is 9.53 Å². The molecule has 1 aliphatic rings. The minimum absolute atomic E-state index is 0.163. The molecule has 0 saturated carbocycles.